The van der Waals surface area contributed by atoms with E-state index in [-0.39, 0.29) is 31.7 Å². The van der Waals surface area contributed by atoms with Crippen LogP contribution in [0.4, 0.5) is 0 Å². The Hall–Kier alpha value is -2.77. The maximum atomic E-state index is 12.0. The fourth-order valence-corrected chi connectivity index (χ4v) is 2.04. The maximum Gasteiger partial charge on any atom is 0.303 e. The maximum absolute atomic E-state index is 12.0. The van der Waals surface area contributed by atoms with Gasteiger partial charge in [-0.15, -0.1) is 0 Å². The molecule has 0 saturated carbocycles. The zero-order chi connectivity index (χ0) is 16.8. The number of aliphatic carboxylic acids is 1. The van der Waals surface area contributed by atoms with Gasteiger partial charge in [0, 0.05) is 18.0 Å². The van der Waals surface area contributed by atoms with Crippen LogP contribution in [0.2, 0.25) is 0 Å². The standard InChI is InChI=1S/C15H18N2O6/c1-9(2-5-14(19)20)17-13(18)7-16-15(21)10-3-4-11-12(6-10)23-8-22-11/h3-4,6,9H,2,5,7-8H2,1H3,(H,16,21)(H,17,18)(H,19,20). The van der Waals surface area contributed by atoms with E-state index in [9.17, 15) is 14.4 Å². The van der Waals surface area contributed by atoms with Crippen LogP contribution in [0.15, 0.2) is 18.2 Å². The number of carbonyl (C=O) groups is 3. The van der Waals surface area contributed by atoms with E-state index >= 15 is 0 Å². The van der Waals surface area contributed by atoms with E-state index in [4.69, 9.17) is 14.6 Å². The number of rotatable bonds is 7. The second kappa shape index (κ2) is 7.48. The van der Waals surface area contributed by atoms with Gasteiger partial charge in [0.25, 0.3) is 5.91 Å². The Morgan fingerprint density at radius 2 is 2.00 bits per heavy atom. The number of carboxylic acids is 1. The molecule has 1 unspecified atom stereocenters. The van der Waals surface area contributed by atoms with Gasteiger partial charge < -0.3 is 25.2 Å². The lowest BCUT2D eigenvalue weighted by Crippen LogP contribution is -2.41. The monoisotopic (exact) mass is 322 g/mol. The zero-order valence-corrected chi connectivity index (χ0v) is 12.6. The van der Waals surface area contributed by atoms with Crippen LogP contribution in [0, 0.1) is 0 Å². The molecule has 1 atom stereocenters. The van der Waals surface area contributed by atoms with E-state index in [2.05, 4.69) is 10.6 Å². The van der Waals surface area contributed by atoms with Crippen LogP contribution in [0.3, 0.4) is 0 Å². The lowest BCUT2D eigenvalue weighted by molar-refractivity contribution is -0.137. The minimum Gasteiger partial charge on any atom is -0.481 e. The fraction of sp³-hybridized carbons (Fsp3) is 0.400. The van der Waals surface area contributed by atoms with Gasteiger partial charge in [0.05, 0.1) is 6.54 Å². The molecule has 0 saturated heterocycles. The molecule has 1 aromatic carbocycles. The fourth-order valence-electron chi connectivity index (χ4n) is 2.04. The van der Waals surface area contributed by atoms with E-state index < -0.39 is 11.9 Å². The highest BCUT2D eigenvalue weighted by atomic mass is 16.7. The van der Waals surface area contributed by atoms with Crippen molar-refractivity contribution in [3.63, 3.8) is 0 Å². The molecule has 8 nitrogen and oxygen atoms in total. The molecule has 1 aliphatic heterocycles. The molecule has 2 amide bonds. The number of hydrogen-bond acceptors (Lipinski definition) is 5. The van der Waals surface area contributed by atoms with E-state index in [1.54, 1.807) is 25.1 Å². The number of hydrogen-bond donors (Lipinski definition) is 3. The quantitative estimate of drug-likeness (QED) is 0.674. The summed E-state index contributed by atoms with van der Waals surface area (Å²) in [6.07, 6.45) is 0.308. The van der Waals surface area contributed by atoms with Gasteiger partial charge >= 0.3 is 5.97 Å². The van der Waals surface area contributed by atoms with Crippen molar-refractivity contribution < 1.29 is 29.0 Å². The van der Waals surface area contributed by atoms with Gasteiger partial charge in [0.2, 0.25) is 12.7 Å². The minimum absolute atomic E-state index is 0.0228. The highest BCUT2D eigenvalue weighted by Crippen LogP contribution is 2.32. The summed E-state index contributed by atoms with van der Waals surface area (Å²) in [6, 6.07) is 4.48. The molecular formula is C15H18N2O6. The molecule has 8 heteroatoms. The van der Waals surface area contributed by atoms with Crippen molar-refractivity contribution in [3.05, 3.63) is 23.8 Å². The molecule has 0 spiro atoms. The molecule has 3 N–H and O–H groups in total. The summed E-state index contributed by atoms with van der Waals surface area (Å²) in [5, 5.41) is 13.7. The smallest absolute Gasteiger partial charge is 0.303 e. The van der Waals surface area contributed by atoms with E-state index in [1.807, 2.05) is 0 Å². The third kappa shape index (κ3) is 4.87. The molecule has 0 fully saturated rings. The number of carbonyl (C=O) groups excluding carboxylic acids is 2. The Morgan fingerprint density at radius 1 is 1.26 bits per heavy atom. The van der Waals surface area contributed by atoms with Crippen molar-refractivity contribution >= 4 is 17.8 Å². The van der Waals surface area contributed by atoms with Crippen molar-refractivity contribution in [2.45, 2.75) is 25.8 Å². The number of carboxylic acid groups (broad SMARTS) is 1. The summed E-state index contributed by atoms with van der Waals surface area (Å²) >= 11 is 0. The average molecular weight is 322 g/mol. The predicted molar refractivity (Wildman–Crippen MR) is 79.4 cm³/mol. The first kappa shape index (κ1) is 16.6. The van der Waals surface area contributed by atoms with Crippen LogP contribution in [0.25, 0.3) is 0 Å². The molecule has 0 aromatic heterocycles. The van der Waals surface area contributed by atoms with E-state index in [0.717, 1.165) is 0 Å². The van der Waals surface area contributed by atoms with E-state index in [1.165, 1.54) is 0 Å². The largest absolute Gasteiger partial charge is 0.481 e. The highest BCUT2D eigenvalue weighted by Gasteiger charge is 2.17. The molecule has 2 rings (SSSR count). The molecule has 1 aromatic rings. The lowest BCUT2D eigenvalue weighted by Gasteiger charge is -2.13. The van der Waals surface area contributed by atoms with Crippen molar-refractivity contribution in [2.24, 2.45) is 0 Å². The van der Waals surface area contributed by atoms with Crippen LogP contribution in [-0.2, 0) is 9.59 Å². The first-order valence-electron chi connectivity index (χ1n) is 7.14. The molecular weight excluding hydrogens is 304 g/mol. The third-order valence-electron chi connectivity index (χ3n) is 3.24. The van der Waals surface area contributed by atoms with Crippen molar-refractivity contribution in [3.8, 4) is 11.5 Å². The summed E-state index contributed by atoms with van der Waals surface area (Å²) in [6.45, 7) is 1.64. The van der Waals surface area contributed by atoms with Gasteiger partial charge in [-0.1, -0.05) is 0 Å². The second-order valence-electron chi connectivity index (χ2n) is 5.15. The minimum atomic E-state index is -0.915. The zero-order valence-electron chi connectivity index (χ0n) is 12.6. The summed E-state index contributed by atoms with van der Waals surface area (Å²) < 4.78 is 10.3. The number of benzene rings is 1. The lowest BCUT2D eigenvalue weighted by atomic mass is 10.2. The summed E-state index contributed by atoms with van der Waals surface area (Å²) in [4.78, 5) is 34.1. The Labute approximate surface area is 132 Å². The molecule has 0 radical (unpaired) electrons. The van der Waals surface area contributed by atoms with Crippen LogP contribution >= 0.6 is 0 Å². The molecule has 1 heterocycles. The number of nitrogens with one attached hydrogen (secondary N) is 2. The van der Waals surface area contributed by atoms with Crippen molar-refractivity contribution in [1.82, 2.24) is 10.6 Å². The van der Waals surface area contributed by atoms with Gasteiger partial charge in [0.1, 0.15) is 0 Å². The first-order chi connectivity index (χ1) is 11.0. The number of fused-ring (bicyclic) bond motifs is 1. The van der Waals surface area contributed by atoms with Crippen LogP contribution in [-0.4, -0.2) is 42.3 Å². The van der Waals surface area contributed by atoms with Crippen LogP contribution in [0.1, 0.15) is 30.1 Å². The Bertz CT molecular complexity index is 616. The Morgan fingerprint density at radius 3 is 2.74 bits per heavy atom. The molecule has 1 aliphatic rings. The van der Waals surface area contributed by atoms with Crippen molar-refractivity contribution in [2.75, 3.05) is 13.3 Å². The topological polar surface area (TPSA) is 114 Å². The van der Waals surface area contributed by atoms with Gasteiger partial charge in [-0.2, -0.15) is 0 Å². The molecule has 0 bridgehead atoms. The Balaban J connectivity index is 1.77. The normalized spacial score (nSPS) is 13.3. The summed E-state index contributed by atoms with van der Waals surface area (Å²) in [5.41, 5.74) is 0.362. The number of amides is 2. The second-order valence-corrected chi connectivity index (χ2v) is 5.15. The number of ether oxygens (including phenoxy) is 2. The molecule has 124 valence electrons. The van der Waals surface area contributed by atoms with Gasteiger partial charge in [-0.25, -0.2) is 0 Å². The van der Waals surface area contributed by atoms with Crippen LogP contribution < -0.4 is 20.1 Å². The Kier molecular flexibility index (Phi) is 5.40. The summed E-state index contributed by atoms with van der Waals surface area (Å²) in [7, 11) is 0. The average Bonchev–Trinajstić information content (AvgIpc) is 2.98. The van der Waals surface area contributed by atoms with Gasteiger partial charge in [0.15, 0.2) is 11.5 Å². The van der Waals surface area contributed by atoms with Crippen LogP contribution in [0.5, 0.6) is 11.5 Å². The highest BCUT2D eigenvalue weighted by molar-refractivity contribution is 5.97. The third-order valence-corrected chi connectivity index (χ3v) is 3.24. The van der Waals surface area contributed by atoms with Gasteiger partial charge in [-0.05, 0) is 31.5 Å². The predicted octanol–water partition coefficient (Wildman–Crippen LogP) is 0.515. The first-order valence-corrected chi connectivity index (χ1v) is 7.14. The van der Waals surface area contributed by atoms with Crippen molar-refractivity contribution in [1.29, 1.82) is 0 Å². The van der Waals surface area contributed by atoms with Gasteiger partial charge in [-0.3, -0.25) is 14.4 Å². The summed E-state index contributed by atoms with van der Waals surface area (Å²) in [5.74, 6) is -0.633. The molecule has 23 heavy (non-hydrogen) atoms. The molecule has 0 aliphatic carbocycles. The van der Waals surface area contributed by atoms with E-state index in [0.29, 0.717) is 23.5 Å². The SMILES string of the molecule is CC(CCC(=O)O)NC(=O)CNC(=O)c1ccc2c(c1)OCO2.